The Labute approximate surface area is 162 Å². The van der Waals surface area contributed by atoms with Crippen molar-refractivity contribution in [3.63, 3.8) is 0 Å². The summed E-state index contributed by atoms with van der Waals surface area (Å²) in [6, 6.07) is 13.0. The standard InChI is InChI=1S/C19H21ClN6O/c1-5-19(4,26(24-27)16-11-9-15(20)10-12-16)18-21-22-23-25(18)17-13(2)7-6-8-14(17)3/h6-12H,5H2,1-4H3. The Balaban J connectivity index is 2.17. The number of hydrogen-bond donors (Lipinski definition) is 0. The van der Waals surface area contributed by atoms with Gasteiger partial charge in [-0.3, -0.25) is 0 Å². The number of benzene rings is 2. The molecule has 8 heteroatoms. The second kappa shape index (κ2) is 7.44. The topological polar surface area (TPSA) is 76.3 Å². The van der Waals surface area contributed by atoms with Crippen molar-refractivity contribution in [2.75, 3.05) is 5.01 Å². The van der Waals surface area contributed by atoms with Crippen LogP contribution >= 0.6 is 11.6 Å². The lowest BCUT2D eigenvalue weighted by Gasteiger charge is -2.35. The highest BCUT2D eigenvalue weighted by atomic mass is 35.5. The molecule has 0 radical (unpaired) electrons. The zero-order chi connectivity index (χ0) is 19.6. The molecule has 0 amide bonds. The molecule has 0 N–H and O–H groups in total. The monoisotopic (exact) mass is 384 g/mol. The van der Waals surface area contributed by atoms with Gasteiger partial charge in [0.1, 0.15) is 5.54 Å². The van der Waals surface area contributed by atoms with E-state index < -0.39 is 5.54 Å². The molecule has 3 aromatic rings. The summed E-state index contributed by atoms with van der Waals surface area (Å²) in [5.74, 6) is 0.539. The minimum Gasteiger partial charge on any atom is -0.216 e. The van der Waals surface area contributed by atoms with E-state index >= 15 is 0 Å². The van der Waals surface area contributed by atoms with E-state index in [2.05, 4.69) is 20.8 Å². The molecule has 0 saturated heterocycles. The zero-order valence-electron chi connectivity index (χ0n) is 15.7. The van der Waals surface area contributed by atoms with Crippen LogP contribution in [0.2, 0.25) is 5.02 Å². The highest BCUT2D eigenvalue weighted by molar-refractivity contribution is 6.30. The molecule has 0 saturated carbocycles. The maximum atomic E-state index is 11.8. The van der Waals surface area contributed by atoms with E-state index in [1.807, 2.05) is 45.9 Å². The molecule has 2 aromatic carbocycles. The minimum atomic E-state index is -0.853. The maximum Gasteiger partial charge on any atom is 0.184 e. The third-order valence-corrected chi connectivity index (χ3v) is 5.16. The number of aromatic nitrogens is 4. The van der Waals surface area contributed by atoms with E-state index in [-0.39, 0.29) is 0 Å². The van der Waals surface area contributed by atoms with Gasteiger partial charge in [0.05, 0.1) is 16.7 Å². The first kappa shape index (κ1) is 19.0. The fourth-order valence-electron chi connectivity index (χ4n) is 3.22. The lowest BCUT2D eigenvalue weighted by molar-refractivity contribution is 0.392. The second-order valence-electron chi connectivity index (χ2n) is 6.65. The quantitative estimate of drug-likeness (QED) is 0.453. The highest BCUT2D eigenvalue weighted by Gasteiger charge is 2.40. The highest BCUT2D eigenvalue weighted by Crippen LogP contribution is 2.36. The van der Waals surface area contributed by atoms with Crippen LogP contribution in [-0.4, -0.2) is 20.2 Å². The third kappa shape index (κ3) is 3.30. The van der Waals surface area contributed by atoms with Gasteiger partial charge in [-0.1, -0.05) is 36.7 Å². The molecular weight excluding hydrogens is 364 g/mol. The van der Waals surface area contributed by atoms with Crippen molar-refractivity contribution in [3.05, 3.63) is 69.3 Å². The fraction of sp³-hybridized carbons (Fsp3) is 0.316. The summed E-state index contributed by atoms with van der Waals surface area (Å²) in [5, 5.41) is 17.7. The Morgan fingerprint density at radius 1 is 1.15 bits per heavy atom. The van der Waals surface area contributed by atoms with Crippen LogP contribution in [0, 0.1) is 18.8 Å². The molecule has 3 rings (SSSR count). The number of rotatable bonds is 6. The van der Waals surface area contributed by atoms with Gasteiger partial charge in [0, 0.05) is 5.02 Å². The summed E-state index contributed by atoms with van der Waals surface area (Å²) in [4.78, 5) is 11.8. The molecule has 1 heterocycles. The van der Waals surface area contributed by atoms with Crippen LogP contribution in [0.25, 0.3) is 5.69 Å². The molecule has 0 aliphatic rings. The van der Waals surface area contributed by atoms with Crippen molar-refractivity contribution < 1.29 is 0 Å². The van der Waals surface area contributed by atoms with E-state index in [0.29, 0.717) is 23.0 Å². The molecule has 0 aliphatic heterocycles. The SMILES string of the molecule is CCC(C)(c1nnnn1-c1c(C)cccc1C)N(N=O)c1ccc(Cl)cc1. The van der Waals surface area contributed by atoms with Crippen molar-refractivity contribution in [1.29, 1.82) is 0 Å². The summed E-state index contributed by atoms with van der Waals surface area (Å²) >= 11 is 5.98. The molecule has 27 heavy (non-hydrogen) atoms. The predicted molar refractivity (Wildman–Crippen MR) is 106 cm³/mol. The van der Waals surface area contributed by atoms with Gasteiger partial charge in [0.25, 0.3) is 0 Å². The second-order valence-corrected chi connectivity index (χ2v) is 7.09. The Hall–Kier alpha value is -2.80. The predicted octanol–water partition coefficient (Wildman–Crippen LogP) is 4.75. The first-order valence-electron chi connectivity index (χ1n) is 8.67. The van der Waals surface area contributed by atoms with Crippen LogP contribution in [0.5, 0.6) is 0 Å². The van der Waals surface area contributed by atoms with Crippen molar-refractivity contribution in [1.82, 2.24) is 20.2 Å². The molecule has 140 valence electrons. The van der Waals surface area contributed by atoms with Crippen LogP contribution in [-0.2, 0) is 5.54 Å². The lowest BCUT2D eigenvalue weighted by Crippen LogP contribution is -2.42. The van der Waals surface area contributed by atoms with Gasteiger partial charge >= 0.3 is 0 Å². The maximum absolute atomic E-state index is 11.8. The molecule has 0 aliphatic carbocycles. The van der Waals surface area contributed by atoms with Gasteiger partial charge in [-0.15, -0.1) is 10.0 Å². The summed E-state index contributed by atoms with van der Waals surface area (Å²) in [5.41, 5.74) is 2.75. The summed E-state index contributed by atoms with van der Waals surface area (Å²) in [6.45, 7) is 7.88. The number of aryl methyl sites for hydroxylation is 2. The van der Waals surface area contributed by atoms with Gasteiger partial charge < -0.3 is 0 Å². The number of nitroso groups, excluding NO2 is 1. The van der Waals surface area contributed by atoms with Crippen LogP contribution < -0.4 is 5.01 Å². The third-order valence-electron chi connectivity index (χ3n) is 4.91. The largest absolute Gasteiger partial charge is 0.216 e. The van der Waals surface area contributed by atoms with Gasteiger partial charge in [-0.25, -0.2) is 5.01 Å². The van der Waals surface area contributed by atoms with Crippen molar-refractivity contribution >= 4 is 17.3 Å². The van der Waals surface area contributed by atoms with E-state index in [0.717, 1.165) is 16.8 Å². The first-order valence-corrected chi connectivity index (χ1v) is 9.04. The molecule has 0 spiro atoms. The smallest absolute Gasteiger partial charge is 0.184 e. The van der Waals surface area contributed by atoms with E-state index in [1.165, 1.54) is 5.01 Å². The zero-order valence-corrected chi connectivity index (χ0v) is 16.5. The van der Waals surface area contributed by atoms with Crippen molar-refractivity contribution in [3.8, 4) is 5.69 Å². The van der Waals surface area contributed by atoms with Gasteiger partial charge in [-0.2, -0.15) is 4.68 Å². The van der Waals surface area contributed by atoms with Gasteiger partial charge in [-0.05, 0) is 73.0 Å². The first-order chi connectivity index (χ1) is 12.9. The Morgan fingerprint density at radius 2 is 1.78 bits per heavy atom. The van der Waals surface area contributed by atoms with Crippen molar-refractivity contribution in [2.24, 2.45) is 5.29 Å². The molecular formula is C19H21ClN6O. The summed E-state index contributed by atoms with van der Waals surface area (Å²) in [7, 11) is 0. The van der Waals surface area contributed by atoms with Crippen LogP contribution in [0.3, 0.4) is 0 Å². The van der Waals surface area contributed by atoms with Crippen molar-refractivity contribution in [2.45, 2.75) is 39.7 Å². The van der Waals surface area contributed by atoms with Crippen LogP contribution in [0.1, 0.15) is 37.2 Å². The summed E-state index contributed by atoms with van der Waals surface area (Å²) in [6.07, 6.45) is 0.562. The molecule has 7 nitrogen and oxygen atoms in total. The molecule has 0 fully saturated rings. The van der Waals surface area contributed by atoms with Crippen LogP contribution in [0.15, 0.2) is 47.8 Å². The number of nitrogens with zero attached hydrogens (tertiary/aromatic N) is 6. The molecule has 1 unspecified atom stereocenters. The Morgan fingerprint density at radius 3 is 2.33 bits per heavy atom. The lowest BCUT2D eigenvalue weighted by atomic mass is 9.95. The number of tetrazole rings is 1. The normalized spacial score (nSPS) is 13.2. The van der Waals surface area contributed by atoms with Gasteiger partial charge in [0.2, 0.25) is 0 Å². The van der Waals surface area contributed by atoms with Crippen LogP contribution in [0.4, 0.5) is 5.69 Å². The Kier molecular flexibility index (Phi) is 5.23. The van der Waals surface area contributed by atoms with E-state index in [9.17, 15) is 4.91 Å². The molecule has 0 bridgehead atoms. The molecule has 1 aromatic heterocycles. The fourth-order valence-corrected chi connectivity index (χ4v) is 3.35. The number of hydrogen-bond acceptors (Lipinski definition) is 5. The van der Waals surface area contributed by atoms with E-state index in [1.54, 1.807) is 28.9 Å². The number of anilines is 1. The molecule has 1 atom stereocenters. The number of halogens is 1. The number of para-hydroxylation sites is 1. The van der Waals surface area contributed by atoms with Gasteiger partial charge in [0.15, 0.2) is 5.82 Å². The average molecular weight is 385 g/mol. The van der Waals surface area contributed by atoms with E-state index in [4.69, 9.17) is 11.6 Å². The Bertz CT molecular complexity index is 935. The average Bonchev–Trinajstić information content (AvgIpc) is 3.13. The summed E-state index contributed by atoms with van der Waals surface area (Å²) < 4.78 is 1.70. The minimum absolute atomic E-state index is 0.539.